The van der Waals surface area contributed by atoms with E-state index in [0.717, 1.165) is 28.6 Å². The zero-order valence-electron chi connectivity index (χ0n) is 19.9. The first-order valence-electron chi connectivity index (χ1n) is 12.0. The molecule has 174 valence electrons. The minimum Gasteiger partial charge on any atom is -0.351 e. The van der Waals surface area contributed by atoms with Gasteiger partial charge in [-0.3, -0.25) is 9.59 Å². The van der Waals surface area contributed by atoms with E-state index in [1.54, 1.807) is 16.2 Å². The van der Waals surface area contributed by atoms with Crippen molar-refractivity contribution in [3.63, 3.8) is 0 Å². The van der Waals surface area contributed by atoms with Gasteiger partial charge in [-0.2, -0.15) is 0 Å². The largest absolute Gasteiger partial charge is 0.351 e. The number of aromatic nitrogens is 1. The number of carbonyl (C=O) groups excluding carboxylic acids is 2. The summed E-state index contributed by atoms with van der Waals surface area (Å²) in [5.41, 5.74) is 2.96. The van der Waals surface area contributed by atoms with Crippen LogP contribution in [0.3, 0.4) is 0 Å². The van der Waals surface area contributed by atoms with E-state index < -0.39 is 5.54 Å². The molecule has 5 nitrogen and oxygen atoms in total. The number of amides is 2. The molecule has 1 N–H and O–H groups in total. The number of nitrogens with zero attached hydrogens (tertiary/aromatic N) is 2. The molecule has 2 aromatic heterocycles. The third-order valence-electron chi connectivity index (χ3n) is 8.02. The maximum absolute atomic E-state index is 13.9. The molecule has 0 spiro atoms. The fourth-order valence-corrected chi connectivity index (χ4v) is 6.33. The van der Waals surface area contributed by atoms with Crippen LogP contribution in [0.1, 0.15) is 61.6 Å². The normalized spacial score (nSPS) is 27.6. The van der Waals surface area contributed by atoms with Crippen molar-refractivity contribution in [2.24, 2.45) is 11.8 Å². The number of nitrogens with one attached hydrogen (secondary N) is 1. The molecule has 1 saturated carbocycles. The molecule has 1 aliphatic heterocycles. The number of fused-ring (bicyclic) bond motifs is 3. The molecule has 3 heterocycles. The van der Waals surface area contributed by atoms with Gasteiger partial charge in [0.15, 0.2) is 0 Å². The third kappa shape index (κ3) is 3.78. The minimum atomic E-state index is -0.969. The molecule has 0 unspecified atom stereocenters. The average Bonchev–Trinajstić information content (AvgIpc) is 3.38. The number of carbonyl (C=O) groups is 2. The highest BCUT2D eigenvalue weighted by Gasteiger charge is 2.48. The highest BCUT2D eigenvalue weighted by molar-refractivity contribution is 7.17. The van der Waals surface area contributed by atoms with Crippen LogP contribution in [0, 0.1) is 18.8 Å². The van der Waals surface area contributed by atoms with Crippen molar-refractivity contribution in [2.75, 3.05) is 0 Å². The van der Waals surface area contributed by atoms with Crippen molar-refractivity contribution in [2.45, 2.75) is 71.6 Å². The smallest absolute Gasteiger partial charge is 0.271 e. The maximum atomic E-state index is 13.9. The summed E-state index contributed by atoms with van der Waals surface area (Å²) in [6.07, 6.45) is 3.35. The average molecular weight is 464 g/mol. The Morgan fingerprint density at radius 1 is 1.18 bits per heavy atom. The Morgan fingerprint density at radius 2 is 1.94 bits per heavy atom. The van der Waals surface area contributed by atoms with Gasteiger partial charge in [0, 0.05) is 12.6 Å². The summed E-state index contributed by atoms with van der Waals surface area (Å²) in [6, 6.07) is 12.4. The van der Waals surface area contributed by atoms with Gasteiger partial charge < -0.3 is 14.8 Å². The van der Waals surface area contributed by atoms with Gasteiger partial charge in [0.25, 0.3) is 5.91 Å². The predicted molar refractivity (Wildman–Crippen MR) is 133 cm³/mol. The second kappa shape index (κ2) is 8.32. The number of aryl methyl sites for hydroxylation is 1. The van der Waals surface area contributed by atoms with Crippen molar-refractivity contribution in [1.29, 1.82) is 0 Å². The van der Waals surface area contributed by atoms with Crippen LogP contribution in [0.5, 0.6) is 0 Å². The van der Waals surface area contributed by atoms with E-state index in [0.29, 0.717) is 30.6 Å². The SMILES string of the molecule is Cc1ccc(CN2C(=O)c3cc4sccc4n3C[C@]2(C)C(=O)N[C@@H]2CCC[C@H](C)[C@@H]2C)cc1. The zero-order valence-corrected chi connectivity index (χ0v) is 20.7. The summed E-state index contributed by atoms with van der Waals surface area (Å²) in [5, 5.41) is 5.42. The predicted octanol–water partition coefficient (Wildman–Crippen LogP) is 5.37. The molecular weight excluding hydrogens is 430 g/mol. The van der Waals surface area contributed by atoms with Gasteiger partial charge in [-0.25, -0.2) is 0 Å². The number of hydrogen-bond acceptors (Lipinski definition) is 3. The molecule has 0 saturated heterocycles. The fraction of sp³-hybridized carbons (Fsp3) is 0.481. The summed E-state index contributed by atoms with van der Waals surface area (Å²) in [7, 11) is 0. The second-order valence-corrected chi connectivity index (χ2v) is 11.2. The van der Waals surface area contributed by atoms with E-state index in [4.69, 9.17) is 0 Å². The van der Waals surface area contributed by atoms with E-state index >= 15 is 0 Å². The second-order valence-electron chi connectivity index (χ2n) is 10.3. The van der Waals surface area contributed by atoms with Crippen LogP contribution >= 0.6 is 11.3 Å². The van der Waals surface area contributed by atoms with Crippen LogP contribution in [0.25, 0.3) is 10.2 Å². The summed E-state index contributed by atoms with van der Waals surface area (Å²) in [6.45, 7) is 9.39. The Balaban J connectivity index is 1.52. The van der Waals surface area contributed by atoms with Crippen molar-refractivity contribution < 1.29 is 9.59 Å². The van der Waals surface area contributed by atoms with E-state index in [1.165, 1.54) is 12.0 Å². The summed E-state index contributed by atoms with van der Waals surface area (Å²) >= 11 is 1.64. The Hall–Kier alpha value is -2.60. The lowest BCUT2D eigenvalue weighted by Crippen LogP contribution is -2.65. The topological polar surface area (TPSA) is 54.3 Å². The molecule has 5 rings (SSSR count). The number of hydrogen-bond donors (Lipinski definition) is 1. The quantitative estimate of drug-likeness (QED) is 0.566. The van der Waals surface area contributed by atoms with Crippen LogP contribution in [0.2, 0.25) is 0 Å². The van der Waals surface area contributed by atoms with Crippen LogP contribution in [0.4, 0.5) is 0 Å². The van der Waals surface area contributed by atoms with Gasteiger partial charge in [-0.05, 0) is 55.2 Å². The van der Waals surface area contributed by atoms with Gasteiger partial charge >= 0.3 is 0 Å². The van der Waals surface area contributed by atoms with E-state index in [1.807, 2.05) is 22.9 Å². The molecular formula is C27H33N3O2S. The van der Waals surface area contributed by atoms with Crippen molar-refractivity contribution >= 4 is 33.4 Å². The molecule has 2 amide bonds. The lowest BCUT2D eigenvalue weighted by molar-refractivity contribution is -0.134. The Labute approximate surface area is 199 Å². The van der Waals surface area contributed by atoms with Crippen LogP contribution in [0.15, 0.2) is 41.8 Å². The molecule has 0 radical (unpaired) electrons. The fourth-order valence-electron chi connectivity index (χ4n) is 5.51. The van der Waals surface area contributed by atoms with Crippen molar-refractivity contribution in [3.8, 4) is 0 Å². The summed E-state index contributed by atoms with van der Waals surface area (Å²) in [4.78, 5) is 29.5. The van der Waals surface area contributed by atoms with Crippen molar-refractivity contribution in [1.82, 2.24) is 14.8 Å². The maximum Gasteiger partial charge on any atom is 0.271 e. The Morgan fingerprint density at radius 3 is 2.70 bits per heavy atom. The zero-order chi connectivity index (χ0) is 23.3. The highest BCUT2D eigenvalue weighted by atomic mass is 32.1. The molecule has 1 aliphatic carbocycles. The molecule has 2 aliphatic rings. The third-order valence-corrected chi connectivity index (χ3v) is 8.88. The van der Waals surface area contributed by atoms with Gasteiger partial charge in [-0.15, -0.1) is 11.3 Å². The standard InChI is InChI=1S/C27H33N3O2S/c1-17-8-10-20(11-9-17)15-30-25(31)23-14-24-22(12-13-33-24)29(23)16-27(30,4)26(32)28-21-7-5-6-18(2)19(21)3/h8-14,18-19,21H,5-7,15-16H2,1-4H3,(H,28,32)/t18-,19-,21+,27+/m0/s1. The van der Waals surface area contributed by atoms with Crippen molar-refractivity contribution in [3.05, 3.63) is 58.6 Å². The summed E-state index contributed by atoms with van der Waals surface area (Å²) in [5.74, 6) is 0.904. The highest BCUT2D eigenvalue weighted by Crippen LogP contribution is 2.36. The van der Waals surface area contributed by atoms with Gasteiger partial charge in [0.2, 0.25) is 5.91 Å². The molecule has 6 heteroatoms. The van der Waals surface area contributed by atoms with Crippen LogP contribution in [-0.4, -0.2) is 32.9 Å². The Kier molecular flexibility index (Phi) is 5.60. The van der Waals surface area contributed by atoms with Gasteiger partial charge in [0.1, 0.15) is 11.2 Å². The van der Waals surface area contributed by atoms with E-state index in [2.05, 4.69) is 56.4 Å². The lowest BCUT2D eigenvalue weighted by atomic mass is 9.77. The van der Waals surface area contributed by atoms with Crippen LogP contribution in [-0.2, 0) is 17.9 Å². The van der Waals surface area contributed by atoms with E-state index in [9.17, 15) is 9.59 Å². The first-order chi connectivity index (χ1) is 15.8. The molecule has 4 atom stereocenters. The molecule has 3 aromatic rings. The first-order valence-corrected chi connectivity index (χ1v) is 12.9. The first kappa shape index (κ1) is 22.2. The summed E-state index contributed by atoms with van der Waals surface area (Å²) < 4.78 is 3.14. The number of rotatable bonds is 4. The minimum absolute atomic E-state index is 0.0448. The lowest BCUT2D eigenvalue weighted by Gasteiger charge is -2.45. The molecule has 1 fully saturated rings. The van der Waals surface area contributed by atoms with Gasteiger partial charge in [0.05, 0.1) is 16.8 Å². The molecule has 33 heavy (non-hydrogen) atoms. The molecule has 0 bridgehead atoms. The number of thiophene rings is 1. The molecule has 1 aromatic carbocycles. The van der Waals surface area contributed by atoms with Gasteiger partial charge in [-0.1, -0.05) is 56.5 Å². The Bertz CT molecular complexity index is 1190. The van der Waals surface area contributed by atoms with Crippen LogP contribution < -0.4 is 5.32 Å². The monoisotopic (exact) mass is 463 g/mol. The number of benzene rings is 1. The van der Waals surface area contributed by atoms with E-state index in [-0.39, 0.29) is 17.9 Å².